The smallest absolute Gasteiger partial charge is 0.393 e. The monoisotopic (exact) mass is 247 g/mol. The Kier molecular flexibility index (Phi) is 5.37. The zero-order valence-corrected chi connectivity index (χ0v) is 8.95. The third-order valence-electron chi connectivity index (χ3n) is 2.22. The lowest BCUT2D eigenvalue weighted by Crippen LogP contribution is -2.34. The number of carbonyl (C=O) groups excluding carboxylic acids is 1. The fourth-order valence-corrected chi connectivity index (χ4v) is 1.52. The number of nitrogens with one attached hydrogen (secondary N) is 1. The second-order valence-corrected chi connectivity index (χ2v) is 3.16. The van der Waals surface area contributed by atoms with E-state index in [9.17, 15) is 18.0 Å². The maximum atomic E-state index is 12.4. The van der Waals surface area contributed by atoms with Crippen LogP contribution < -0.4 is 5.32 Å². The minimum Gasteiger partial charge on any atom is -0.466 e. The van der Waals surface area contributed by atoms with E-state index in [0.717, 1.165) is 0 Å². The van der Waals surface area contributed by atoms with Crippen molar-refractivity contribution in [3.63, 3.8) is 0 Å². The van der Waals surface area contributed by atoms with Gasteiger partial charge in [-0.15, -0.1) is 12.4 Å². The predicted octanol–water partition coefficient (Wildman–Crippen LogP) is 1.37. The molecule has 2 atom stereocenters. The number of hydrogen-bond acceptors (Lipinski definition) is 3. The van der Waals surface area contributed by atoms with Gasteiger partial charge < -0.3 is 10.1 Å². The summed E-state index contributed by atoms with van der Waals surface area (Å²) < 4.78 is 41.7. The van der Waals surface area contributed by atoms with Crippen molar-refractivity contribution in [1.29, 1.82) is 0 Å². The van der Waals surface area contributed by atoms with Crippen molar-refractivity contribution in [1.82, 2.24) is 5.32 Å². The first-order valence-corrected chi connectivity index (χ1v) is 4.41. The van der Waals surface area contributed by atoms with E-state index in [1.165, 1.54) is 0 Å². The molecule has 1 fully saturated rings. The first kappa shape index (κ1) is 14.5. The van der Waals surface area contributed by atoms with Gasteiger partial charge in [-0.05, 0) is 6.92 Å². The number of carbonyl (C=O) groups is 1. The van der Waals surface area contributed by atoms with Crippen LogP contribution in [0, 0.1) is 11.8 Å². The molecular formula is C8H13ClF3NO2. The van der Waals surface area contributed by atoms with Crippen molar-refractivity contribution in [2.75, 3.05) is 19.7 Å². The lowest BCUT2D eigenvalue weighted by Gasteiger charge is -2.19. The first-order valence-electron chi connectivity index (χ1n) is 4.41. The van der Waals surface area contributed by atoms with Gasteiger partial charge in [0.25, 0.3) is 0 Å². The standard InChI is InChI=1S/C8H12F3NO2.ClH/c1-2-14-7(13)5-3-12-4-6(5)8(9,10)11;/h5-6,12H,2-4H2,1H3;1H/t5-,6-;/m1./s1. The highest BCUT2D eigenvalue weighted by Crippen LogP contribution is 2.34. The van der Waals surface area contributed by atoms with Crippen LogP contribution in [0.1, 0.15) is 6.92 Å². The van der Waals surface area contributed by atoms with E-state index in [1.54, 1.807) is 6.92 Å². The minimum absolute atomic E-state index is 0. The molecule has 0 aliphatic carbocycles. The van der Waals surface area contributed by atoms with Crippen molar-refractivity contribution >= 4 is 18.4 Å². The number of alkyl halides is 3. The third kappa shape index (κ3) is 3.53. The second kappa shape index (κ2) is 5.55. The molecule has 1 saturated heterocycles. The number of rotatable bonds is 2. The van der Waals surface area contributed by atoms with Gasteiger partial charge in [0.15, 0.2) is 0 Å². The zero-order chi connectivity index (χ0) is 10.8. The molecule has 0 unspecified atom stereocenters. The van der Waals surface area contributed by atoms with Gasteiger partial charge in [-0.3, -0.25) is 4.79 Å². The number of hydrogen-bond donors (Lipinski definition) is 1. The van der Waals surface area contributed by atoms with Crippen LogP contribution in [0.2, 0.25) is 0 Å². The fourth-order valence-electron chi connectivity index (χ4n) is 1.52. The molecule has 1 aliphatic rings. The topological polar surface area (TPSA) is 38.3 Å². The summed E-state index contributed by atoms with van der Waals surface area (Å²) in [5.74, 6) is -3.46. The average molecular weight is 248 g/mol. The third-order valence-corrected chi connectivity index (χ3v) is 2.22. The highest BCUT2D eigenvalue weighted by Gasteiger charge is 2.50. The Morgan fingerprint density at radius 1 is 1.47 bits per heavy atom. The molecule has 0 radical (unpaired) electrons. The van der Waals surface area contributed by atoms with Crippen LogP contribution in [0.4, 0.5) is 13.2 Å². The lowest BCUT2D eigenvalue weighted by molar-refractivity contribution is -0.189. The van der Waals surface area contributed by atoms with Gasteiger partial charge in [0.2, 0.25) is 0 Å². The Morgan fingerprint density at radius 2 is 2.07 bits per heavy atom. The molecule has 1 N–H and O–H groups in total. The molecule has 1 rings (SSSR count). The van der Waals surface area contributed by atoms with Crippen molar-refractivity contribution in [2.45, 2.75) is 13.1 Å². The van der Waals surface area contributed by atoms with E-state index in [0.29, 0.717) is 0 Å². The molecule has 15 heavy (non-hydrogen) atoms. The predicted molar refractivity (Wildman–Crippen MR) is 49.8 cm³/mol. The van der Waals surface area contributed by atoms with Crippen molar-refractivity contribution < 1.29 is 22.7 Å². The maximum Gasteiger partial charge on any atom is 0.393 e. The Hall–Kier alpha value is -0.490. The number of esters is 1. The first-order chi connectivity index (χ1) is 6.46. The fraction of sp³-hybridized carbons (Fsp3) is 0.875. The quantitative estimate of drug-likeness (QED) is 0.749. The molecule has 1 heterocycles. The lowest BCUT2D eigenvalue weighted by atomic mass is 9.96. The van der Waals surface area contributed by atoms with Crippen LogP contribution in [0.25, 0.3) is 0 Å². The van der Waals surface area contributed by atoms with Crippen LogP contribution in [-0.4, -0.2) is 31.8 Å². The molecule has 0 amide bonds. The molecule has 0 bridgehead atoms. The summed E-state index contributed by atoms with van der Waals surface area (Å²) >= 11 is 0. The Bertz CT molecular complexity index is 222. The molecule has 0 aromatic heterocycles. The minimum atomic E-state index is -4.33. The summed E-state index contributed by atoms with van der Waals surface area (Å²) in [6.45, 7) is 1.53. The average Bonchev–Trinajstić information content (AvgIpc) is 2.50. The van der Waals surface area contributed by atoms with Gasteiger partial charge in [-0.1, -0.05) is 0 Å². The van der Waals surface area contributed by atoms with E-state index in [4.69, 9.17) is 0 Å². The summed E-state index contributed by atoms with van der Waals surface area (Å²) in [7, 11) is 0. The van der Waals surface area contributed by atoms with Crippen LogP contribution >= 0.6 is 12.4 Å². The molecule has 7 heteroatoms. The van der Waals surface area contributed by atoms with Gasteiger partial charge in [0.05, 0.1) is 18.4 Å². The molecule has 0 saturated carbocycles. The molecule has 3 nitrogen and oxygen atoms in total. The SMILES string of the molecule is CCOC(=O)[C@@H]1CNC[C@H]1C(F)(F)F.Cl. The molecule has 1 aliphatic heterocycles. The summed E-state index contributed by atoms with van der Waals surface area (Å²) in [6.07, 6.45) is -4.33. The van der Waals surface area contributed by atoms with E-state index < -0.39 is 24.0 Å². The van der Waals surface area contributed by atoms with Crippen LogP contribution in [0.3, 0.4) is 0 Å². The Morgan fingerprint density at radius 3 is 2.53 bits per heavy atom. The highest BCUT2D eigenvalue weighted by molar-refractivity contribution is 5.85. The summed E-state index contributed by atoms with van der Waals surface area (Å²) in [6, 6.07) is 0. The molecule has 0 aromatic carbocycles. The van der Waals surface area contributed by atoms with Crippen molar-refractivity contribution in [3.8, 4) is 0 Å². The van der Waals surface area contributed by atoms with E-state index in [2.05, 4.69) is 10.1 Å². The zero-order valence-electron chi connectivity index (χ0n) is 8.13. The van der Waals surface area contributed by atoms with Gasteiger partial charge in [0, 0.05) is 13.1 Å². The highest BCUT2D eigenvalue weighted by atomic mass is 35.5. The molecule has 0 spiro atoms. The largest absolute Gasteiger partial charge is 0.466 e. The Labute approximate surface area is 91.8 Å². The van der Waals surface area contributed by atoms with E-state index >= 15 is 0 Å². The summed E-state index contributed by atoms with van der Waals surface area (Å²) in [4.78, 5) is 11.1. The van der Waals surface area contributed by atoms with Crippen molar-refractivity contribution in [2.24, 2.45) is 11.8 Å². The molecule has 90 valence electrons. The van der Waals surface area contributed by atoms with Crippen LogP contribution in [0.15, 0.2) is 0 Å². The Balaban J connectivity index is 0.00000196. The number of halogens is 4. The van der Waals surface area contributed by atoms with Gasteiger partial charge in [0.1, 0.15) is 0 Å². The molecular weight excluding hydrogens is 235 g/mol. The number of ether oxygens (including phenoxy) is 1. The van der Waals surface area contributed by atoms with Crippen LogP contribution in [-0.2, 0) is 9.53 Å². The maximum absolute atomic E-state index is 12.4. The normalized spacial score (nSPS) is 25.9. The van der Waals surface area contributed by atoms with E-state index in [1.807, 2.05) is 0 Å². The summed E-state index contributed by atoms with van der Waals surface area (Å²) in [5, 5.41) is 2.55. The van der Waals surface area contributed by atoms with Crippen LogP contribution in [0.5, 0.6) is 0 Å². The second-order valence-electron chi connectivity index (χ2n) is 3.16. The van der Waals surface area contributed by atoms with Gasteiger partial charge in [-0.2, -0.15) is 13.2 Å². The van der Waals surface area contributed by atoms with Gasteiger partial charge >= 0.3 is 12.1 Å². The summed E-state index contributed by atoms with van der Waals surface area (Å²) in [5.41, 5.74) is 0. The molecule has 0 aromatic rings. The van der Waals surface area contributed by atoms with E-state index in [-0.39, 0.29) is 32.1 Å². The van der Waals surface area contributed by atoms with Gasteiger partial charge in [-0.25, -0.2) is 0 Å². The van der Waals surface area contributed by atoms with Crippen molar-refractivity contribution in [3.05, 3.63) is 0 Å².